The summed E-state index contributed by atoms with van der Waals surface area (Å²) in [5.74, 6) is -0.416. The summed E-state index contributed by atoms with van der Waals surface area (Å²) >= 11 is 5.56. The maximum Gasteiger partial charge on any atom is 0.250 e. The molecule has 90 valence electrons. The Kier molecular flexibility index (Phi) is 5.49. The third-order valence-corrected chi connectivity index (χ3v) is 2.14. The molecule has 0 unspecified atom stereocenters. The first-order valence-electron chi connectivity index (χ1n) is 5.09. The number of hydrogen-bond acceptors (Lipinski definition) is 3. The number of nitrogens with zero attached hydrogens (tertiary/aromatic N) is 1. The van der Waals surface area contributed by atoms with Crippen LogP contribution in [0.4, 0.5) is 4.39 Å². The van der Waals surface area contributed by atoms with Crippen molar-refractivity contribution in [3.63, 3.8) is 0 Å². The summed E-state index contributed by atoms with van der Waals surface area (Å²) in [5, 5.41) is 0. The van der Waals surface area contributed by atoms with Crippen molar-refractivity contribution < 1.29 is 13.9 Å². The summed E-state index contributed by atoms with van der Waals surface area (Å²) in [4.78, 5) is 3.79. The topological polar surface area (TPSA) is 31.4 Å². The predicted octanol–water partition coefficient (Wildman–Crippen LogP) is 2.76. The number of ether oxygens (including phenoxy) is 2. The van der Waals surface area contributed by atoms with Gasteiger partial charge in [-0.05, 0) is 19.9 Å². The lowest BCUT2D eigenvalue weighted by Crippen LogP contribution is -2.12. The molecule has 0 aliphatic heterocycles. The fourth-order valence-electron chi connectivity index (χ4n) is 1.09. The quantitative estimate of drug-likeness (QED) is 0.572. The minimum absolute atomic E-state index is 0.0227. The molecule has 0 atom stereocenters. The maximum atomic E-state index is 13.5. The molecule has 0 aliphatic carbocycles. The van der Waals surface area contributed by atoms with Crippen LogP contribution in [0.15, 0.2) is 12.3 Å². The highest BCUT2D eigenvalue weighted by atomic mass is 35.5. The lowest BCUT2D eigenvalue weighted by Gasteiger charge is -2.09. The van der Waals surface area contributed by atoms with Crippen LogP contribution in [0, 0.1) is 5.82 Å². The Hall–Kier alpha value is -0.870. The highest BCUT2D eigenvalue weighted by molar-refractivity contribution is 6.17. The SMILES string of the molecule is CC(C)OCCOc1nccc(CCl)c1F. The van der Waals surface area contributed by atoms with Crippen LogP contribution in [0.5, 0.6) is 5.88 Å². The van der Waals surface area contributed by atoms with Gasteiger partial charge >= 0.3 is 0 Å². The van der Waals surface area contributed by atoms with E-state index in [1.54, 1.807) is 0 Å². The van der Waals surface area contributed by atoms with Crippen LogP contribution in [0.25, 0.3) is 0 Å². The minimum Gasteiger partial charge on any atom is -0.473 e. The molecule has 0 spiro atoms. The summed E-state index contributed by atoms with van der Waals surface area (Å²) in [5.41, 5.74) is 0.386. The third-order valence-electron chi connectivity index (χ3n) is 1.85. The van der Waals surface area contributed by atoms with E-state index in [0.717, 1.165) is 0 Å². The molecule has 0 radical (unpaired) electrons. The summed E-state index contributed by atoms with van der Waals surface area (Å²) in [6.07, 6.45) is 1.61. The van der Waals surface area contributed by atoms with E-state index in [2.05, 4.69) is 4.98 Å². The summed E-state index contributed by atoms with van der Waals surface area (Å²) < 4.78 is 24.0. The number of halogens is 2. The molecular formula is C11H15ClFNO2. The Balaban J connectivity index is 2.47. The van der Waals surface area contributed by atoms with Crippen LogP contribution in [0.1, 0.15) is 19.4 Å². The predicted molar refractivity (Wildman–Crippen MR) is 60.3 cm³/mol. The van der Waals surface area contributed by atoms with Gasteiger partial charge in [-0.3, -0.25) is 0 Å². The van der Waals surface area contributed by atoms with Crippen molar-refractivity contribution in [2.75, 3.05) is 13.2 Å². The molecule has 1 aromatic heterocycles. The standard InChI is InChI=1S/C11H15ClFNO2/c1-8(2)15-5-6-16-11-10(13)9(7-12)3-4-14-11/h3-4,8H,5-7H2,1-2H3. The molecule has 0 amide bonds. The largest absolute Gasteiger partial charge is 0.473 e. The zero-order chi connectivity index (χ0) is 12.0. The highest BCUT2D eigenvalue weighted by Gasteiger charge is 2.09. The molecule has 3 nitrogen and oxygen atoms in total. The lowest BCUT2D eigenvalue weighted by atomic mass is 10.3. The maximum absolute atomic E-state index is 13.5. The fourth-order valence-corrected chi connectivity index (χ4v) is 1.29. The van der Waals surface area contributed by atoms with E-state index in [9.17, 15) is 4.39 Å². The molecule has 0 saturated heterocycles. The summed E-state index contributed by atoms with van der Waals surface area (Å²) in [7, 11) is 0. The molecule has 1 heterocycles. The summed E-state index contributed by atoms with van der Waals surface area (Å²) in [6.45, 7) is 4.53. The Morgan fingerprint density at radius 2 is 2.19 bits per heavy atom. The van der Waals surface area contributed by atoms with E-state index >= 15 is 0 Å². The van der Waals surface area contributed by atoms with Gasteiger partial charge in [0.1, 0.15) is 6.61 Å². The van der Waals surface area contributed by atoms with Gasteiger partial charge in [-0.1, -0.05) is 0 Å². The molecule has 16 heavy (non-hydrogen) atoms. The molecule has 5 heteroatoms. The van der Waals surface area contributed by atoms with Gasteiger partial charge in [-0.2, -0.15) is 0 Å². The number of hydrogen-bond donors (Lipinski definition) is 0. The molecule has 0 saturated carbocycles. The zero-order valence-electron chi connectivity index (χ0n) is 9.37. The van der Waals surface area contributed by atoms with Gasteiger partial charge in [0.2, 0.25) is 0 Å². The zero-order valence-corrected chi connectivity index (χ0v) is 10.1. The Morgan fingerprint density at radius 1 is 1.44 bits per heavy atom. The van der Waals surface area contributed by atoms with Gasteiger partial charge in [0, 0.05) is 11.8 Å². The van der Waals surface area contributed by atoms with Crippen molar-refractivity contribution in [3.05, 3.63) is 23.6 Å². The van der Waals surface area contributed by atoms with Gasteiger partial charge in [-0.25, -0.2) is 9.37 Å². The van der Waals surface area contributed by atoms with Crippen LogP contribution in [0.3, 0.4) is 0 Å². The first kappa shape index (κ1) is 13.2. The van der Waals surface area contributed by atoms with Crippen molar-refractivity contribution >= 4 is 11.6 Å². The number of pyridine rings is 1. The van der Waals surface area contributed by atoms with Gasteiger partial charge in [0.25, 0.3) is 5.88 Å². The third kappa shape index (κ3) is 3.94. The van der Waals surface area contributed by atoms with Gasteiger partial charge in [0.05, 0.1) is 18.6 Å². The van der Waals surface area contributed by atoms with E-state index in [4.69, 9.17) is 21.1 Å². The average Bonchev–Trinajstić information content (AvgIpc) is 2.26. The molecule has 0 bridgehead atoms. The van der Waals surface area contributed by atoms with Crippen LogP contribution in [-0.4, -0.2) is 24.3 Å². The van der Waals surface area contributed by atoms with Crippen LogP contribution in [0.2, 0.25) is 0 Å². The fraction of sp³-hybridized carbons (Fsp3) is 0.545. The Labute approximate surface area is 99.5 Å². The number of alkyl halides is 1. The monoisotopic (exact) mass is 247 g/mol. The molecule has 1 rings (SSSR count). The normalized spacial score (nSPS) is 10.8. The van der Waals surface area contributed by atoms with Crippen molar-refractivity contribution in [1.82, 2.24) is 4.98 Å². The van der Waals surface area contributed by atoms with Crippen LogP contribution < -0.4 is 4.74 Å². The Bertz CT molecular complexity index is 334. The van der Waals surface area contributed by atoms with E-state index in [1.165, 1.54) is 12.3 Å². The van der Waals surface area contributed by atoms with E-state index in [0.29, 0.717) is 12.2 Å². The molecule has 0 N–H and O–H groups in total. The van der Waals surface area contributed by atoms with Crippen molar-refractivity contribution in [2.45, 2.75) is 25.8 Å². The van der Waals surface area contributed by atoms with Crippen LogP contribution in [-0.2, 0) is 10.6 Å². The van der Waals surface area contributed by atoms with E-state index < -0.39 is 5.82 Å². The van der Waals surface area contributed by atoms with Crippen molar-refractivity contribution in [3.8, 4) is 5.88 Å². The van der Waals surface area contributed by atoms with E-state index in [1.807, 2.05) is 13.8 Å². The van der Waals surface area contributed by atoms with Gasteiger partial charge in [-0.15, -0.1) is 11.6 Å². The second-order valence-corrected chi connectivity index (χ2v) is 3.76. The number of rotatable bonds is 6. The average molecular weight is 248 g/mol. The second kappa shape index (κ2) is 6.66. The minimum atomic E-state index is -0.498. The molecule has 0 fully saturated rings. The van der Waals surface area contributed by atoms with Crippen molar-refractivity contribution in [2.24, 2.45) is 0 Å². The van der Waals surface area contributed by atoms with Gasteiger partial charge in [0.15, 0.2) is 5.82 Å². The smallest absolute Gasteiger partial charge is 0.250 e. The first-order chi connectivity index (χ1) is 7.65. The lowest BCUT2D eigenvalue weighted by molar-refractivity contribution is 0.0532. The van der Waals surface area contributed by atoms with Crippen LogP contribution >= 0.6 is 11.6 Å². The second-order valence-electron chi connectivity index (χ2n) is 3.49. The Morgan fingerprint density at radius 3 is 2.81 bits per heavy atom. The number of aromatic nitrogens is 1. The van der Waals surface area contributed by atoms with Gasteiger partial charge < -0.3 is 9.47 Å². The first-order valence-corrected chi connectivity index (χ1v) is 5.62. The summed E-state index contributed by atoms with van der Waals surface area (Å²) in [6, 6.07) is 1.53. The molecule has 1 aromatic rings. The molecular weight excluding hydrogens is 233 g/mol. The highest BCUT2D eigenvalue weighted by Crippen LogP contribution is 2.18. The molecule has 0 aliphatic rings. The molecule has 0 aromatic carbocycles. The van der Waals surface area contributed by atoms with Crippen molar-refractivity contribution in [1.29, 1.82) is 0 Å². The van der Waals surface area contributed by atoms with E-state index in [-0.39, 0.29) is 24.5 Å².